The van der Waals surface area contributed by atoms with Gasteiger partial charge < -0.3 is 30.9 Å². The Balaban J connectivity index is 2.11. The van der Waals surface area contributed by atoms with Gasteiger partial charge in [0.1, 0.15) is 5.75 Å². The maximum absolute atomic E-state index is 10.0. The summed E-state index contributed by atoms with van der Waals surface area (Å²) in [5, 5.41) is 22.0. The Morgan fingerprint density at radius 3 is 2.95 bits per heavy atom. The lowest BCUT2D eigenvalue weighted by Crippen LogP contribution is -2.40. The molecule has 1 aromatic rings. The molecule has 0 aromatic heterocycles. The van der Waals surface area contributed by atoms with Crippen LogP contribution in [0.3, 0.4) is 0 Å². The molecule has 2 unspecified atom stereocenters. The van der Waals surface area contributed by atoms with Crippen LogP contribution in [0.15, 0.2) is 18.2 Å². The van der Waals surface area contributed by atoms with Gasteiger partial charge in [-0.1, -0.05) is 0 Å². The van der Waals surface area contributed by atoms with Gasteiger partial charge in [-0.05, 0) is 12.1 Å². The van der Waals surface area contributed by atoms with Crippen LogP contribution in [0.25, 0.3) is 0 Å². The number of β-amino-alcohol motifs (C(OH)–C–C–N with tert-alkyl or cyclic N) is 1. The van der Waals surface area contributed by atoms with E-state index in [1.807, 2.05) is 12.1 Å². The number of methoxy groups -OCH3 is 1. The second-order valence-corrected chi connectivity index (χ2v) is 4.69. The predicted octanol–water partition coefficient (Wildman–Crippen LogP) is -0.591. The average Bonchev–Trinajstić information content (AvgIpc) is 2.77. The molecule has 0 amide bonds. The van der Waals surface area contributed by atoms with E-state index in [1.165, 1.54) is 0 Å². The van der Waals surface area contributed by atoms with Crippen LogP contribution in [0.5, 0.6) is 5.75 Å². The summed E-state index contributed by atoms with van der Waals surface area (Å²) in [5.74, 6) is 0.704. The summed E-state index contributed by atoms with van der Waals surface area (Å²) in [6.07, 6.45) is -0.464. The Hall–Kier alpha value is -1.50. The van der Waals surface area contributed by atoms with Crippen LogP contribution in [0.4, 0.5) is 11.4 Å². The fraction of sp³-hybridized carbons (Fsp3) is 0.538. The molecular formula is C13H21N3O3. The Labute approximate surface area is 112 Å². The third-order valence-electron chi connectivity index (χ3n) is 3.35. The molecule has 2 atom stereocenters. The number of ether oxygens (including phenoxy) is 1. The Morgan fingerprint density at radius 1 is 1.47 bits per heavy atom. The minimum atomic E-state index is -0.464. The molecule has 0 radical (unpaired) electrons. The Morgan fingerprint density at radius 2 is 2.26 bits per heavy atom. The second-order valence-electron chi connectivity index (χ2n) is 4.69. The van der Waals surface area contributed by atoms with Crippen LogP contribution in [-0.4, -0.2) is 55.7 Å². The molecule has 0 saturated carbocycles. The van der Waals surface area contributed by atoms with Crippen LogP contribution >= 0.6 is 0 Å². The highest BCUT2D eigenvalue weighted by Crippen LogP contribution is 2.32. The molecule has 0 aliphatic carbocycles. The van der Waals surface area contributed by atoms with Gasteiger partial charge in [0.15, 0.2) is 0 Å². The van der Waals surface area contributed by atoms with E-state index in [4.69, 9.17) is 15.6 Å². The zero-order chi connectivity index (χ0) is 13.8. The average molecular weight is 267 g/mol. The SMILES string of the molecule is COc1cc(N)ccc1N1CC(O)C(NCCO)C1. The molecule has 1 aliphatic heterocycles. The molecule has 1 fully saturated rings. The number of hydrogen-bond donors (Lipinski definition) is 4. The molecule has 1 aromatic carbocycles. The van der Waals surface area contributed by atoms with E-state index in [0.717, 1.165) is 5.69 Å². The number of nitrogen functional groups attached to an aromatic ring is 1. The smallest absolute Gasteiger partial charge is 0.144 e. The van der Waals surface area contributed by atoms with Crippen LogP contribution < -0.4 is 20.7 Å². The number of nitrogens with two attached hydrogens (primary N) is 1. The van der Waals surface area contributed by atoms with E-state index < -0.39 is 6.10 Å². The number of anilines is 2. The van der Waals surface area contributed by atoms with Crippen LogP contribution in [0.1, 0.15) is 0 Å². The molecule has 0 spiro atoms. The first kappa shape index (κ1) is 13.9. The van der Waals surface area contributed by atoms with Gasteiger partial charge in [0, 0.05) is 31.4 Å². The van der Waals surface area contributed by atoms with Gasteiger partial charge in [0.2, 0.25) is 0 Å². The molecule has 19 heavy (non-hydrogen) atoms. The maximum atomic E-state index is 10.0. The zero-order valence-electron chi connectivity index (χ0n) is 11.0. The van der Waals surface area contributed by atoms with Gasteiger partial charge in [-0.2, -0.15) is 0 Å². The van der Waals surface area contributed by atoms with E-state index in [2.05, 4.69) is 10.2 Å². The predicted molar refractivity (Wildman–Crippen MR) is 74.5 cm³/mol. The molecule has 1 saturated heterocycles. The first-order valence-corrected chi connectivity index (χ1v) is 6.36. The van der Waals surface area contributed by atoms with Crippen molar-refractivity contribution in [2.75, 3.05) is 44.0 Å². The molecule has 6 nitrogen and oxygen atoms in total. The minimum absolute atomic E-state index is 0.0468. The summed E-state index contributed by atoms with van der Waals surface area (Å²) in [5.41, 5.74) is 7.30. The summed E-state index contributed by atoms with van der Waals surface area (Å²) < 4.78 is 5.33. The summed E-state index contributed by atoms with van der Waals surface area (Å²) in [4.78, 5) is 2.05. The molecule has 0 bridgehead atoms. The maximum Gasteiger partial charge on any atom is 0.144 e. The Bertz CT molecular complexity index is 428. The molecule has 2 rings (SSSR count). The van der Waals surface area contributed by atoms with Crippen molar-refractivity contribution >= 4 is 11.4 Å². The van der Waals surface area contributed by atoms with Crippen molar-refractivity contribution in [2.45, 2.75) is 12.1 Å². The number of nitrogens with zero attached hydrogens (tertiary/aromatic N) is 1. The van der Waals surface area contributed by atoms with Gasteiger partial charge in [-0.15, -0.1) is 0 Å². The zero-order valence-corrected chi connectivity index (χ0v) is 11.0. The standard InChI is InChI=1S/C13H21N3O3/c1-19-13-6-9(14)2-3-11(13)16-7-10(12(18)8-16)15-4-5-17/h2-3,6,10,12,15,17-18H,4-5,7-8,14H2,1H3. The normalized spacial score (nSPS) is 22.8. The summed E-state index contributed by atoms with van der Waals surface area (Å²) in [7, 11) is 1.60. The fourth-order valence-electron chi connectivity index (χ4n) is 2.39. The van der Waals surface area contributed by atoms with E-state index >= 15 is 0 Å². The van der Waals surface area contributed by atoms with E-state index in [9.17, 15) is 5.11 Å². The quantitative estimate of drug-likeness (QED) is 0.533. The van der Waals surface area contributed by atoms with Gasteiger partial charge in [0.25, 0.3) is 0 Å². The van der Waals surface area contributed by atoms with Crippen LogP contribution in [-0.2, 0) is 0 Å². The van der Waals surface area contributed by atoms with Gasteiger partial charge in [0.05, 0.1) is 31.5 Å². The van der Waals surface area contributed by atoms with E-state index in [0.29, 0.717) is 31.1 Å². The van der Waals surface area contributed by atoms with Crippen molar-refractivity contribution in [2.24, 2.45) is 0 Å². The number of rotatable bonds is 5. The molecule has 106 valence electrons. The van der Waals surface area contributed by atoms with Crippen molar-refractivity contribution < 1.29 is 14.9 Å². The molecule has 6 heteroatoms. The lowest BCUT2D eigenvalue weighted by Gasteiger charge is -2.21. The minimum Gasteiger partial charge on any atom is -0.495 e. The highest BCUT2D eigenvalue weighted by atomic mass is 16.5. The number of aliphatic hydroxyl groups is 2. The number of nitrogens with one attached hydrogen (secondary N) is 1. The van der Waals surface area contributed by atoms with Crippen molar-refractivity contribution in [1.82, 2.24) is 5.32 Å². The van der Waals surface area contributed by atoms with E-state index in [-0.39, 0.29) is 12.6 Å². The number of hydrogen-bond acceptors (Lipinski definition) is 6. The van der Waals surface area contributed by atoms with E-state index in [1.54, 1.807) is 13.2 Å². The van der Waals surface area contributed by atoms with Crippen LogP contribution in [0, 0.1) is 0 Å². The summed E-state index contributed by atoms with van der Waals surface area (Å²) in [6, 6.07) is 5.44. The van der Waals surface area contributed by atoms with Crippen molar-refractivity contribution in [3.05, 3.63) is 18.2 Å². The first-order chi connectivity index (χ1) is 9.15. The largest absolute Gasteiger partial charge is 0.495 e. The van der Waals surface area contributed by atoms with Gasteiger partial charge in [-0.25, -0.2) is 0 Å². The van der Waals surface area contributed by atoms with Crippen molar-refractivity contribution in [3.8, 4) is 5.75 Å². The number of benzene rings is 1. The summed E-state index contributed by atoms with van der Waals surface area (Å²) >= 11 is 0. The molecule has 1 heterocycles. The highest BCUT2D eigenvalue weighted by Gasteiger charge is 2.32. The highest BCUT2D eigenvalue weighted by molar-refractivity contribution is 5.64. The topological polar surface area (TPSA) is 91.0 Å². The third-order valence-corrected chi connectivity index (χ3v) is 3.35. The lowest BCUT2D eigenvalue weighted by molar-refractivity contribution is 0.159. The van der Waals surface area contributed by atoms with Crippen molar-refractivity contribution in [1.29, 1.82) is 0 Å². The number of aliphatic hydroxyl groups excluding tert-OH is 2. The monoisotopic (exact) mass is 267 g/mol. The first-order valence-electron chi connectivity index (χ1n) is 6.36. The third kappa shape index (κ3) is 3.09. The molecular weight excluding hydrogens is 246 g/mol. The van der Waals surface area contributed by atoms with Crippen molar-refractivity contribution in [3.63, 3.8) is 0 Å². The second kappa shape index (κ2) is 6.10. The van der Waals surface area contributed by atoms with Gasteiger partial charge in [-0.3, -0.25) is 0 Å². The fourth-order valence-corrected chi connectivity index (χ4v) is 2.39. The molecule has 5 N–H and O–H groups in total. The Kier molecular flexibility index (Phi) is 4.47. The molecule has 1 aliphatic rings. The lowest BCUT2D eigenvalue weighted by atomic mass is 10.2. The van der Waals surface area contributed by atoms with Crippen LogP contribution in [0.2, 0.25) is 0 Å². The summed E-state index contributed by atoms with van der Waals surface area (Å²) in [6.45, 7) is 1.74. The van der Waals surface area contributed by atoms with Gasteiger partial charge >= 0.3 is 0 Å².